The van der Waals surface area contributed by atoms with Crippen molar-refractivity contribution in [2.45, 2.75) is 20.8 Å². The molecule has 0 nitrogen and oxygen atoms in total. The van der Waals surface area contributed by atoms with Gasteiger partial charge in [-0.1, -0.05) is 0 Å². The van der Waals surface area contributed by atoms with E-state index in [4.69, 9.17) is 0 Å². The van der Waals surface area contributed by atoms with E-state index in [9.17, 15) is 0 Å². The third-order valence-corrected chi connectivity index (χ3v) is 4.51. The summed E-state index contributed by atoms with van der Waals surface area (Å²) in [6.45, 7) is 6.64. The van der Waals surface area contributed by atoms with Gasteiger partial charge in [-0.3, -0.25) is 0 Å². The minimum atomic E-state index is 1.21. The van der Waals surface area contributed by atoms with Crippen molar-refractivity contribution in [3.05, 3.63) is 16.0 Å². The van der Waals surface area contributed by atoms with E-state index < -0.39 is 0 Å². The summed E-state index contributed by atoms with van der Waals surface area (Å²) in [5.41, 5.74) is 3.04. The first-order valence-electron chi connectivity index (χ1n) is 3.16. The molecular formula is C7H12SSi. The number of rotatable bonds is 0. The molecule has 0 N–H and O–H groups in total. The monoisotopic (exact) mass is 156 g/mol. The largest absolute Gasteiger partial charge is 0.151 e. The number of thiophene rings is 1. The highest BCUT2D eigenvalue weighted by Gasteiger charge is 2.01. The van der Waals surface area contributed by atoms with Crippen LogP contribution in [-0.2, 0) is 0 Å². The van der Waals surface area contributed by atoms with E-state index in [0.717, 1.165) is 0 Å². The quantitative estimate of drug-likeness (QED) is 0.484. The van der Waals surface area contributed by atoms with Crippen LogP contribution in [0.1, 0.15) is 16.0 Å². The molecule has 1 rings (SSSR count). The predicted octanol–water partition coefficient (Wildman–Crippen LogP) is 0.664. The average molecular weight is 156 g/mol. The molecule has 0 spiro atoms. The standard InChI is InChI=1S/C7H12SSi/c1-4-5(2)7(9)8-6(4)3/h1-3,9H3. The molecule has 1 aromatic rings. The lowest BCUT2D eigenvalue weighted by atomic mass is 10.2. The van der Waals surface area contributed by atoms with Crippen LogP contribution < -0.4 is 4.50 Å². The van der Waals surface area contributed by atoms with Crippen molar-refractivity contribution in [3.63, 3.8) is 0 Å². The Hall–Kier alpha value is -0.0831. The summed E-state index contributed by atoms with van der Waals surface area (Å²) >= 11 is 1.96. The molecule has 1 heterocycles. The molecular weight excluding hydrogens is 144 g/mol. The first kappa shape index (κ1) is 7.03. The second-order valence-electron chi connectivity index (χ2n) is 2.46. The number of hydrogen-bond acceptors (Lipinski definition) is 1. The van der Waals surface area contributed by atoms with Gasteiger partial charge in [0.1, 0.15) is 0 Å². The molecule has 1 aromatic heterocycles. The maximum absolute atomic E-state index is 2.22. The molecule has 0 atom stereocenters. The Morgan fingerprint density at radius 2 is 1.67 bits per heavy atom. The lowest BCUT2D eigenvalue weighted by molar-refractivity contribution is 1.36. The number of hydrogen-bond donors (Lipinski definition) is 0. The third kappa shape index (κ3) is 1.09. The van der Waals surface area contributed by atoms with Crippen LogP contribution in [-0.4, -0.2) is 10.2 Å². The van der Waals surface area contributed by atoms with Crippen molar-refractivity contribution in [2.24, 2.45) is 0 Å². The van der Waals surface area contributed by atoms with Gasteiger partial charge in [-0.15, -0.1) is 0 Å². The van der Waals surface area contributed by atoms with Gasteiger partial charge >= 0.3 is 0 Å². The van der Waals surface area contributed by atoms with E-state index >= 15 is 0 Å². The predicted molar refractivity (Wildman–Crippen MR) is 48.1 cm³/mol. The molecule has 0 bridgehead atoms. The van der Waals surface area contributed by atoms with Crippen molar-refractivity contribution in [3.8, 4) is 0 Å². The van der Waals surface area contributed by atoms with Gasteiger partial charge in [0.2, 0.25) is 0 Å². The Morgan fingerprint density at radius 3 is 1.78 bits per heavy atom. The van der Waals surface area contributed by atoms with Gasteiger partial charge < -0.3 is 0 Å². The Bertz CT molecular complexity index is 203. The molecule has 0 radical (unpaired) electrons. The van der Waals surface area contributed by atoms with Gasteiger partial charge in [0.15, 0.2) is 0 Å². The molecule has 0 unspecified atom stereocenters. The van der Waals surface area contributed by atoms with Crippen LogP contribution in [0.2, 0.25) is 0 Å². The summed E-state index contributed by atoms with van der Waals surface area (Å²) in [5.74, 6) is 0. The van der Waals surface area contributed by atoms with Crippen LogP contribution in [0, 0.1) is 20.8 Å². The smallest absolute Gasteiger partial charge is 0.0517 e. The minimum Gasteiger partial charge on any atom is -0.151 e. The van der Waals surface area contributed by atoms with Crippen LogP contribution in [0.3, 0.4) is 0 Å². The second-order valence-corrected chi connectivity index (χ2v) is 5.62. The molecule has 9 heavy (non-hydrogen) atoms. The van der Waals surface area contributed by atoms with E-state index in [0.29, 0.717) is 0 Å². The highest BCUT2D eigenvalue weighted by atomic mass is 32.1. The third-order valence-electron chi connectivity index (χ3n) is 1.92. The molecule has 0 fully saturated rings. The summed E-state index contributed by atoms with van der Waals surface area (Å²) in [6, 6.07) is 0. The van der Waals surface area contributed by atoms with Gasteiger partial charge in [-0.2, -0.15) is 11.3 Å². The zero-order chi connectivity index (χ0) is 7.02. The lowest BCUT2D eigenvalue weighted by Gasteiger charge is -1.89. The molecule has 0 aliphatic heterocycles. The van der Waals surface area contributed by atoms with Crippen LogP contribution in [0.5, 0.6) is 0 Å². The fraction of sp³-hybridized carbons (Fsp3) is 0.429. The van der Waals surface area contributed by atoms with Crippen LogP contribution in [0.15, 0.2) is 0 Å². The highest BCUT2D eigenvalue weighted by molar-refractivity contribution is 7.20. The zero-order valence-corrected chi connectivity index (χ0v) is 9.22. The van der Waals surface area contributed by atoms with E-state index in [-0.39, 0.29) is 0 Å². The first-order chi connectivity index (χ1) is 4.13. The highest BCUT2D eigenvalue weighted by Crippen LogP contribution is 2.15. The Balaban J connectivity index is 3.29. The molecule has 2 heteroatoms. The van der Waals surface area contributed by atoms with Gasteiger partial charge in [0.25, 0.3) is 0 Å². The molecule has 0 saturated heterocycles. The Kier molecular flexibility index (Phi) is 1.77. The molecule has 0 aliphatic carbocycles. The lowest BCUT2D eigenvalue weighted by Crippen LogP contribution is -1.98. The SMILES string of the molecule is Cc1sc([SiH3])c(C)c1C. The summed E-state index contributed by atoms with van der Waals surface area (Å²) in [4.78, 5) is 1.50. The van der Waals surface area contributed by atoms with E-state index in [1.165, 1.54) is 26.2 Å². The van der Waals surface area contributed by atoms with E-state index in [2.05, 4.69) is 20.8 Å². The minimum absolute atomic E-state index is 1.21. The zero-order valence-electron chi connectivity index (χ0n) is 6.41. The van der Waals surface area contributed by atoms with E-state index in [1.807, 2.05) is 11.3 Å². The summed E-state index contributed by atoms with van der Waals surface area (Å²) < 4.78 is 1.60. The van der Waals surface area contributed by atoms with Crippen molar-refractivity contribution in [1.29, 1.82) is 0 Å². The second kappa shape index (κ2) is 2.27. The van der Waals surface area contributed by atoms with Gasteiger partial charge in [0, 0.05) is 4.88 Å². The fourth-order valence-electron chi connectivity index (χ4n) is 0.911. The van der Waals surface area contributed by atoms with Crippen molar-refractivity contribution in [1.82, 2.24) is 0 Å². The van der Waals surface area contributed by atoms with Crippen molar-refractivity contribution >= 4 is 26.1 Å². The molecule has 0 amide bonds. The van der Waals surface area contributed by atoms with Gasteiger partial charge in [-0.25, -0.2) is 0 Å². The normalized spacial score (nSPS) is 10.6. The summed E-state index contributed by atoms with van der Waals surface area (Å²) in [6.07, 6.45) is 0. The maximum Gasteiger partial charge on any atom is 0.0517 e. The topological polar surface area (TPSA) is 0 Å². The summed E-state index contributed by atoms with van der Waals surface area (Å²) in [7, 11) is 1.21. The average Bonchev–Trinajstić information content (AvgIpc) is 1.98. The fourth-order valence-corrected chi connectivity index (χ4v) is 3.28. The van der Waals surface area contributed by atoms with Gasteiger partial charge in [0.05, 0.1) is 10.2 Å². The molecule has 50 valence electrons. The maximum atomic E-state index is 2.22. The first-order valence-corrected chi connectivity index (χ1v) is 4.97. The Morgan fingerprint density at radius 1 is 1.11 bits per heavy atom. The van der Waals surface area contributed by atoms with Crippen LogP contribution in [0.25, 0.3) is 0 Å². The van der Waals surface area contributed by atoms with Crippen molar-refractivity contribution < 1.29 is 0 Å². The molecule has 0 aromatic carbocycles. The Labute approximate surface area is 63.3 Å². The van der Waals surface area contributed by atoms with Crippen LogP contribution >= 0.6 is 11.3 Å². The van der Waals surface area contributed by atoms with Gasteiger partial charge in [-0.05, 0) is 36.4 Å². The number of aryl methyl sites for hydroxylation is 1. The van der Waals surface area contributed by atoms with E-state index in [1.54, 1.807) is 4.50 Å². The summed E-state index contributed by atoms with van der Waals surface area (Å²) in [5, 5.41) is 0. The molecule has 0 aliphatic rings. The molecule has 0 saturated carbocycles. The van der Waals surface area contributed by atoms with Crippen LogP contribution in [0.4, 0.5) is 0 Å². The van der Waals surface area contributed by atoms with Crippen molar-refractivity contribution in [2.75, 3.05) is 0 Å².